The van der Waals surface area contributed by atoms with Crippen LogP contribution in [0.5, 0.6) is 11.5 Å². The van der Waals surface area contributed by atoms with E-state index in [2.05, 4.69) is 0 Å². The Kier molecular flexibility index (Phi) is 4.86. The minimum Gasteiger partial charge on any atom is -0.496 e. The lowest BCUT2D eigenvalue weighted by atomic mass is 9.69. The minimum atomic E-state index is -0.560. The Labute approximate surface area is 120 Å². The van der Waals surface area contributed by atoms with Gasteiger partial charge in [0, 0.05) is 23.1 Å². The molecule has 0 aliphatic heterocycles. The Morgan fingerprint density at radius 3 is 2.25 bits per heavy atom. The van der Waals surface area contributed by atoms with Crippen molar-refractivity contribution in [3.8, 4) is 11.5 Å². The molecule has 1 fully saturated rings. The SMILES string of the molecule is COc1cc(C2(CN)CCCCC2)c(OC)cc1CF. The molecular weight excluding hydrogens is 257 g/mol. The van der Waals surface area contributed by atoms with E-state index in [4.69, 9.17) is 15.2 Å². The number of hydrogen-bond donors (Lipinski definition) is 1. The van der Waals surface area contributed by atoms with Gasteiger partial charge in [-0.2, -0.15) is 0 Å². The van der Waals surface area contributed by atoms with E-state index in [9.17, 15) is 4.39 Å². The first-order chi connectivity index (χ1) is 9.70. The quantitative estimate of drug-likeness (QED) is 0.900. The lowest BCUT2D eigenvalue weighted by molar-refractivity contribution is 0.285. The van der Waals surface area contributed by atoms with Crippen LogP contribution < -0.4 is 15.2 Å². The summed E-state index contributed by atoms with van der Waals surface area (Å²) in [7, 11) is 3.20. The summed E-state index contributed by atoms with van der Waals surface area (Å²) < 4.78 is 23.9. The molecule has 0 aromatic heterocycles. The van der Waals surface area contributed by atoms with Gasteiger partial charge in [0.15, 0.2) is 0 Å². The average Bonchev–Trinajstić information content (AvgIpc) is 2.54. The molecule has 1 aromatic carbocycles. The summed E-state index contributed by atoms with van der Waals surface area (Å²) in [4.78, 5) is 0. The molecule has 0 unspecified atom stereocenters. The summed E-state index contributed by atoms with van der Waals surface area (Å²) in [5.41, 5.74) is 7.61. The van der Waals surface area contributed by atoms with Gasteiger partial charge in [-0.25, -0.2) is 4.39 Å². The smallest absolute Gasteiger partial charge is 0.125 e. The van der Waals surface area contributed by atoms with Gasteiger partial charge in [-0.05, 0) is 25.0 Å². The van der Waals surface area contributed by atoms with Crippen molar-refractivity contribution >= 4 is 0 Å². The minimum absolute atomic E-state index is 0.0638. The third-order valence-corrected chi connectivity index (χ3v) is 4.52. The first kappa shape index (κ1) is 15.1. The molecular formula is C16H24FNO2. The van der Waals surface area contributed by atoms with Gasteiger partial charge >= 0.3 is 0 Å². The van der Waals surface area contributed by atoms with E-state index in [1.165, 1.54) is 19.3 Å². The topological polar surface area (TPSA) is 44.5 Å². The number of hydrogen-bond acceptors (Lipinski definition) is 3. The number of methoxy groups -OCH3 is 2. The van der Waals surface area contributed by atoms with Crippen molar-refractivity contribution in [3.63, 3.8) is 0 Å². The molecule has 2 N–H and O–H groups in total. The Balaban J connectivity index is 2.52. The Bertz CT molecular complexity index is 456. The van der Waals surface area contributed by atoms with Crippen LogP contribution >= 0.6 is 0 Å². The van der Waals surface area contributed by atoms with Crippen molar-refractivity contribution in [2.45, 2.75) is 44.2 Å². The molecule has 20 heavy (non-hydrogen) atoms. The summed E-state index contributed by atoms with van der Waals surface area (Å²) >= 11 is 0. The first-order valence-electron chi connectivity index (χ1n) is 7.22. The monoisotopic (exact) mass is 281 g/mol. The molecule has 0 atom stereocenters. The normalized spacial score (nSPS) is 17.8. The molecule has 3 nitrogen and oxygen atoms in total. The Morgan fingerprint density at radius 2 is 1.75 bits per heavy atom. The van der Waals surface area contributed by atoms with Gasteiger partial charge in [-0.15, -0.1) is 0 Å². The summed E-state index contributed by atoms with van der Waals surface area (Å²) in [6.07, 6.45) is 5.71. The van der Waals surface area contributed by atoms with Gasteiger partial charge < -0.3 is 15.2 Å². The van der Waals surface area contributed by atoms with E-state index in [-0.39, 0.29) is 5.41 Å². The van der Waals surface area contributed by atoms with Gasteiger partial charge in [-0.1, -0.05) is 19.3 Å². The molecule has 1 aliphatic carbocycles. The number of alkyl halides is 1. The average molecular weight is 281 g/mol. The van der Waals surface area contributed by atoms with E-state index in [0.29, 0.717) is 17.9 Å². The molecule has 0 radical (unpaired) electrons. The van der Waals surface area contributed by atoms with Crippen LogP contribution in [0.2, 0.25) is 0 Å². The van der Waals surface area contributed by atoms with Crippen molar-refractivity contribution in [2.75, 3.05) is 20.8 Å². The summed E-state index contributed by atoms with van der Waals surface area (Å²) in [6, 6.07) is 3.67. The molecule has 2 rings (SSSR count). The van der Waals surface area contributed by atoms with Gasteiger partial charge in [0.25, 0.3) is 0 Å². The predicted octanol–water partition coefficient (Wildman–Crippen LogP) is 3.33. The van der Waals surface area contributed by atoms with Crippen molar-refractivity contribution in [1.82, 2.24) is 0 Å². The van der Waals surface area contributed by atoms with Crippen molar-refractivity contribution < 1.29 is 13.9 Å². The summed E-state index contributed by atoms with van der Waals surface area (Å²) in [6.45, 7) is 0.0247. The molecule has 0 saturated heterocycles. The molecule has 1 saturated carbocycles. The summed E-state index contributed by atoms with van der Waals surface area (Å²) in [5, 5.41) is 0. The molecule has 0 amide bonds. The van der Waals surface area contributed by atoms with E-state index in [1.54, 1.807) is 20.3 Å². The van der Waals surface area contributed by atoms with Crippen LogP contribution in [-0.4, -0.2) is 20.8 Å². The molecule has 1 aromatic rings. The van der Waals surface area contributed by atoms with Gasteiger partial charge in [0.1, 0.15) is 18.2 Å². The molecule has 0 heterocycles. The Hall–Kier alpha value is -1.29. The van der Waals surface area contributed by atoms with Gasteiger partial charge in [0.2, 0.25) is 0 Å². The maximum absolute atomic E-state index is 13.1. The van der Waals surface area contributed by atoms with E-state index in [1.807, 2.05) is 6.07 Å². The standard InChI is InChI=1S/C16H24FNO2/c1-19-14-9-13(15(20-2)8-12(14)10-17)16(11-18)6-4-3-5-7-16/h8-9H,3-7,10-11,18H2,1-2H3. The van der Waals surface area contributed by atoms with Crippen LogP contribution in [0, 0.1) is 0 Å². The maximum Gasteiger partial charge on any atom is 0.125 e. The van der Waals surface area contributed by atoms with Gasteiger partial charge in [-0.3, -0.25) is 0 Å². The van der Waals surface area contributed by atoms with Crippen molar-refractivity contribution in [3.05, 3.63) is 23.3 Å². The highest BCUT2D eigenvalue weighted by atomic mass is 19.1. The number of rotatable bonds is 5. The zero-order chi connectivity index (χ0) is 14.6. The molecule has 112 valence electrons. The maximum atomic E-state index is 13.1. The lowest BCUT2D eigenvalue weighted by Gasteiger charge is -2.38. The molecule has 0 bridgehead atoms. The number of ether oxygens (including phenoxy) is 2. The number of benzene rings is 1. The van der Waals surface area contributed by atoms with E-state index in [0.717, 1.165) is 24.2 Å². The lowest BCUT2D eigenvalue weighted by Crippen LogP contribution is -2.37. The molecule has 4 heteroatoms. The molecule has 0 spiro atoms. The predicted molar refractivity (Wildman–Crippen MR) is 78.2 cm³/mol. The van der Waals surface area contributed by atoms with Crippen LogP contribution in [0.4, 0.5) is 4.39 Å². The summed E-state index contributed by atoms with van der Waals surface area (Å²) in [5.74, 6) is 1.31. The zero-order valence-corrected chi connectivity index (χ0v) is 12.4. The molecule has 1 aliphatic rings. The second-order valence-electron chi connectivity index (χ2n) is 5.54. The fourth-order valence-corrected chi connectivity index (χ4v) is 3.29. The van der Waals surface area contributed by atoms with Crippen molar-refractivity contribution in [1.29, 1.82) is 0 Å². The second-order valence-corrected chi connectivity index (χ2v) is 5.54. The van der Waals surface area contributed by atoms with Crippen LogP contribution in [0.1, 0.15) is 43.2 Å². The third kappa shape index (κ3) is 2.62. The van der Waals surface area contributed by atoms with Crippen LogP contribution in [0.25, 0.3) is 0 Å². The number of nitrogens with two attached hydrogens (primary N) is 1. The van der Waals surface area contributed by atoms with Crippen LogP contribution in [-0.2, 0) is 12.1 Å². The largest absolute Gasteiger partial charge is 0.496 e. The van der Waals surface area contributed by atoms with Crippen LogP contribution in [0.15, 0.2) is 12.1 Å². The highest BCUT2D eigenvalue weighted by molar-refractivity contribution is 5.50. The fourth-order valence-electron chi connectivity index (χ4n) is 3.29. The highest BCUT2D eigenvalue weighted by Crippen LogP contribution is 2.44. The fraction of sp³-hybridized carbons (Fsp3) is 0.625. The Morgan fingerprint density at radius 1 is 1.10 bits per heavy atom. The van der Waals surface area contributed by atoms with E-state index >= 15 is 0 Å². The van der Waals surface area contributed by atoms with Crippen LogP contribution in [0.3, 0.4) is 0 Å². The zero-order valence-electron chi connectivity index (χ0n) is 12.4. The van der Waals surface area contributed by atoms with Gasteiger partial charge in [0.05, 0.1) is 14.2 Å². The van der Waals surface area contributed by atoms with Crippen molar-refractivity contribution in [2.24, 2.45) is 5.73 Å². The first-order valence-corrected chi connectivity index (χ1v) is 7.22. The second kappa shape index (κ2) is 6.44. The number of halogens is 1. The highest BCUT2D eigenvalue weighted by Gasteiger charge is 2.35. The third-order valence-electron chi connectivity index (χ3n) is 4.52. The van der Waals surface area contributed by atoms with E-state index < -0.39 is 6.67 Å².